The Kier molecular flexibility index (Phi) is 3.68. The molecule has 1 aromatic heterocycles. The molecule has 0 unspecified atom stereocenters. The van der Waals surface area contributed by atoms with Gasteiger partial charge in [0.1, 0.15) is 5.82 Å². The second-order valence-corrected chi connectivity index (χ2v) is 4.61. The lowest BCUT2D eigenvalue weighted by molar-refractivity contribution is 0.628. The van der Waals surface area contributed by atoms with E-state index in [2.05, 4.69) is 5.10 Å². The smallest absolute Gasteiger partial charge is 0.141 e. The Bertz CT molecular complexity index is 578. The third-order valence-corrected chi connectivity index (χ3v) is 3.29. The molecular weight excluding hydrogens is 253 g/mol. The van der Waals surface area contributed by atoms with E-state index in [1.807, 2.05) is 14.0 Å². The minimum atomic E-state index is -0.415. The van der Waals surface area contributed by atoms with E-state index in [1.165, 1.54) is 6.07 Å². The van der Waals surface area contributed by atoms with Gasteiger partial charge in [0.2, 0.25) is 0 Å². The van der Waals surface area contributed by atoms with Crippen molar-refractivity contribution in [3.63, 3.8) is 0 Å². The van der Waals surface area contributed by atoms with Crippen LogP contribution in [0.25, 0.3) is 11.1 Å². The number of hydrogen-bond acceptors (Lipinski definition) is 2. The summed E-state index contributed by atoms with van der Waals surface area (Å²) in [7, 11) is 1.88. The molecule has 2 N–H and O–H groups in total. The Balaban J connectivity index is 2.58. The molecule has 1 aromatic carbocycles. The van der Waals surface area contributed by atoms with Crippen LogP contribution in [-0.2, 0) is 13.5 Å². The fraction of sp³-hybridized carbons (Fsp3) is 0.308. The summed E-state index contributed by atoms with van der Waals surface area (Å²) in [4.78, 5) is 0. The van der Waals surface area contributed by atoms with E-state index in [9.17, 15) is 4.39 Å². The van der Waals surface area contributed by atoms with Crippen molar-refractivity contribution in [3.8, 4) is 11.1 Å². The van der Waals surface area contributed by atoms with Gasteiger partial charge in [-0.2, -0.15) is 5.10 Å². The molecule has 0 aliphatic rings. The second-order valence-electron chi connectivity index (χ2n) is 4.20. The summed E-state index contributed by atoms with van der Waals surface area (Å²) in [6, 6.07) is 4.71. The summed E-state index contributed by atoms with van der Waals surface area (Å²) in [5, 5.41) is 4.55. The van der Waals surface area contributed by atoms with Crippen LogP contribution in [0.2, 0.25) is 5.02 Å². The molecule has 0 saturated heterocycles. The van der Waals surface area contributed by atoms with E-state index in [-0.39, 0.29) is 5.02 Å². The highest BCUT2D eigenvalue weighted by Gasteiger charge is 2.15. The lowest BCUT2D eigenvalue weighted by Gasteiger charge is -2.05. The molecule has 0 spiro atoms. The molecule has 5 heteroatoms. The van der Waals surface area contributed by atoms with Gasteiger partial charge in [-0.25, -0.2) is 4.39 Å². The van der Waals surface area contributed by atoms with Crippen molar-refractivity contribution in [2.45, 2.75) is 13.3 Å². The molecule has 0 fully saturated rings. The maximum absolute atomic E-state index is 13.2. The summed E-state index contributed by atoms with van der Waals surface area (Å²) in [6.07, 6.45) is 0.687. The molecule has 0 radical (unpaired) electrons. The van der Waals surface area contributed by atoms with Crippen LogP contribution in [0.1, 0.15) is 11.4 Å². The Morgan fingerprint density at radius 3 is 2.78 bits per heavy atom. The highest BCUT2D eigenvalue weighted by atomic mass is 35.5. The van der Waals surface area contributed by atoms with Gasteiger partial charge < -0.3 is 5.73 Å². The van der Waals surface area contributed by atoms with Gasteiger partial charge in [0.15, 0.2) is 0 Å². The molecule has 1 heterocycles. The van der Waals surface area contributed by atoms with Gasteiger partial charge in [0.25, 0.3) is 0 Å². The van der Waals surface area contributed by atoms with Crippen molar-refractivity contribution < 1.29 is 4.39 Å². The molecule has 0 aliphatic heterocycles. The van der Waals surface area contributed by atoms with Crippen molar-refractivity contribution in [1.29, 1.82) is 0 Å². The van der Waals surface area contributed by atoms with Gasteiger partial charge in [-0.3, -0.25) is 4.68 Å². The van der Waals surface area contributed by atoms with Gasteiger partial charge in [0, 0.05) is 24.7 Å². The summed E-state index contributed by atoms with van der Waals surface area (Å²) in [5.74, 6) is -0.415. The van der Waals surface area contributed by atoms with Crippen molar-refractivity contribution in [3.05, 3.63) is 40.4 Å². The van der Waals surface area contributed by atoms with E-state index in [0.29, 0.717) is 13.0 Å². The van der Waals surface area contributed by atoms with Crippen molar-refractivity contribution in [1.82, 2.24) is 9.78 Å². The van der Waals surface area contributed by atoms with Gasteiger partial charge >= 0.3 is 0 Å². The molecule has 0 saturated carbocycles. The number of halogens is 2. The Hall–Kier alpha value is -1.39. The van der Waals surface area contributed by atoms with Gasteiger partial charge in [0.05, 0.1) is 10.7 Å². The van der Waals surface area contributed by atoms with E-state index in [1.54, 1.807) is 16.8 Å². The molecule has 0 bridgehead atoms. The minimum absolute atomic E-state index is 0.120. The lowest BCUT2D eigenvalue weighted by Crippen LogP contribution is -2.04. The van der Waals surface area contributed by atoms with E-state index in [4.69, 9.17) is 17.3 Å². The highest BCUT2D eigenvalue weighted by Crippen LogP contribution is 2.30. The molecular formula is C13H15ClFN3. The topological polar surface area (TPSA) is 43.8 Å². The molecule has 0 atom stereocenters. The maximum atomic E-state index is 13.2. The SMILES string of the molecule is Cc1c(-c2ccc(F)c(Cl)c2)c(CCN)nn1C. The number of hydrogen-bond donors (Lipinski definition) is 1. The van der Waals surface area contributed by atoms with Gasteiger partial charge in [-0.15, -0.1) is 0 Å². The Morgan fingerprint density at radius 2 is 2.17 bits per heavy atom. The van der Waals surface area contributed by atoms with Gasteiger partial charge in [-0.1, -0.05) is 17.7 Å². The first-order valence-electron chi connectivity index (χ1n) is 5.72. The van der Waals surface area contributed by atoms with E-state index in [0.717, 1.165) is 22.5 Å². The third kappa shape index (κ3) is 2.26. The van der Waals surface area contributed by atoms with Crippen LogP contribution in [0.4, 0.5) is 4.39 Å². The van der Waals surface area contributed by atoms with Crippen LogP contribution in [0, 0.1) is 12.7 Å². The monoisotopic (exact) mass is 267 g/mol. The number of nitrogens with zero attached hydrogens (tertiary/aromatic N) is 2. The second kappa shape index (κ2) is 5.08. The van der Waals surface area contributed by atoms with E-state index < -0.39 is 5.82 Å². The average Bonchev–Trinajstić information content (AvgIpc) is 2.60. The quantitative estimate of drug-likeness (QED) is 0.929. The molecule has 96 valence electrons. The molecule has 0 amide bonds. The fourth-order valence-corrected chi connectivity index (χ4v) is 2.20. The first-order chi connectivity index (χ1) is 8.54. The summed E-state index contributed by atoms with van der Waals surface area (Å²) >= 11 is 5.83. The molecule has 0 aliphatic carbocycles. The molecule has 2 rings (SSSR count). The first kappa shape index (κ1) is 13.1. The molecule has 2 aromatic rings. The summed E-state index contributed by atoms with van der Waals surface area (Å²) in [6.45, 7) is 2.50. The largest absolute Gasteiger partial charge is 0.330 e. The van der Waals surface area contributed by atoms with Gasteiger partial charge in [-0.05, 0) is 31.2 Å². The van der Waals surface area contributed by atoms with Crippen LogP contribution in [0.5, 0.6) is 0 Å². The zero-order valence-electron chi connectivity index (χ0n) is 10.4. The van der Waals surface area contributed by atoms with Crippen LogP contribution in [0.3, 0.4) is 0 Å². The average molecular weight is 268 g/mol. The molecule has 3 nitrogen and oxygen atoms in total. The number of benzene rings is 1. The van der Waals surface area contributed by atoms with Crippen molar-refractivity contribution in [2.75, 3.05) is 6.54 Å². The normalized spacial score (nSPS) is 10.9. The van der Waals surface area contributed by atoms with Crippen LogP contribution < -0.4 is 5.73 Å². The molecule has 18 heavy (non-hydrogen) atoms. The standard InChI is InChI=1S/C13H15ClFN3/c1-8-13(12(5-6-16)17-18(8)2)9-3-4-11(15)10(14)7-9/h3-4,7H,5-6,16H2,1-2H3. The zero-order chi connectivity index (χ0) is 13.3. The van der Waals surface area contributed by atoms with Crippen LogP contribution >= 0.6 is 11.6 Å². The first-order valence-corrected chi connectivity index (χ1v) is 6.10. The zero-order valence-corrected chi connectivity index (χ0v) is 11.1. The number of nitrogens with two attached hydrogens (primary N) is 1. The van der Waals surface area contributed by atoms with Crippen LogP contribution in [-0.4, -0.2) is 16.3 Å². The predicted molar refractivity (Wildman–Crippen MR) is 71.1 cm³/mol. The number of aryl methyl sites for hydroxylation is 1. The van der Waals surface area contributed by atoms with Crippen LogP contribution in [0.15, 0.2) is 18.2 Å². The highest BCUT2D eigenvalue weighted by molar-refractivity contribution is 6.31. The van der Waals surface area contributed by atoms with Crippen molar-refractivity contribution in [2.24, 2.45) is 12.8 Å². The lowest BCUT2D eigenvalue weighted by atomic mass is 10.0. The summed E-state index contributed by atoms with van der Waals surface area (Å²) in [5.41, 5.74) is 9.38. The predicted octanol–water partition coefficient (Wildman–Crippen LogP) is 2.69. The summed E-state index contributed by atoms with van der Waals surface area (Å²) < 4.78 is 15.0. The third-order valence-electron chi connectivity index (χ3n) is 3.00. The Morgan fingerprint density at radius 1 is 1.44 bits per heavy atom. The maximum Gasteiger partial charge on any atom is 0.141 e. The fourth-order valence-electron chi connectivity index (χ4n) is 2.02. The Labute approximate surface area is 110 Å². The number of rotatable bonds is 3. The van der Waals surface area contributed by atoms with E-state index >= 15 is 0 Å². The minimum Gasteiger partial charge on any atom is -0.330 e. The van der Waals surface area contributed by atoms with Crippen molar-refractivity contribution >= 4 is 11.6 Å². The number of aromatic nitrogens is 2.